The van der Waals surface area contributed by atoms with Crippen LogP contribution in [0, 0.1) is 5.92 Å². The smallest absolute Gasteiger partial charge is 1.00 e. The van der Waals surface area contributed by atoms with E-state index in [-0.39, 0.29) is 42.7 Å². The molecule has 1 fully saturated rings. The van der Waals surface area contributed by atoms with Crippen LogP contribution in [0.1, 0.15) is 40.0 Å². The molecule has 0 amide bonds. The first-order valence-corrected chi connectivity index (χ1v) is 6.14. The maximum atomic E-state index is 10.6. The summed E-state index contributed by atoms with van der Waals surface area (Å²) in [6.45, 7) is 0. The summed E-state index contributed by atoms with van der Waals surface area (Å²) in [6, 6.07) is 0. The molecule has 3 nitrogen and oxygen atoms in total. The third-order valence-corrected chi connectivity index (χ3v) is 3.31. The molecule has 0 aromatic rings. The second-order valence-electron chi connectivity index (χ2n) is 3.61. The van der Waals surface area contributed by atoms with Gasteiger partial charge in [0.1, 0.15) is 0 Å². The van der Waals surface area contributed by atoms with E-state index >= 15 is 0 Å². The van der Waals surface area contributed by atoms with Gasteiger partial charge in [0.2, 0.25) is 0 Å². The van der Waals surface area contributed by atoms with E-state index in [2.05, 4.69) is 0 Å². The minimum atomic E-state index is -3.74. The molecule has 1 aliphatic rings. The van der Waals surface area contributed by atoms with Gasteiger partial charge < -0.3 is 1.43 Å². The molecule has 1 saturated carbocycles. The van der Waals surface area contributed by atoms with Crippen LogP contribution < -0.4 is 29.6 Å². The summed E-state index contributed by atoms with van der Waals surface area (Å²) >= 11 is 0. The van der Waals surface area contributed by atoms with E-state index in [1.54, 1.807) is 0 Å². The summed E-state index contributed by atoms with van der Waals surface area (Å²) < 4.78 is 29.8. The number of hydrogen-bond donors (Lipinski definition) is 1. The third kappa shape index (κ3) is 6.91. The number of hydrogen-bond acceptors (Lipinski definition) is 2. The van der Waals surface area contributed by atoms with Crippen molar-refractivity contribution in [3.05, 3.63) is 0 Å². The molecule has 74 valence electrons. The Morgan fingerprint density at radius 3 is 2.00 bits per heavy atom. The van der Waals surface area contributed by atoms with Crippen molar-refractivity contribution in [1.82, 2.24) is 0 Å². The number of rotatable bonds is 2. The van der Waals surface area contributed by atoms with Crippen molar-refractivity contribution in [3.8, 4) is 0 Å². The van der Waals surface area contributed by atoms with Crippen LogP contribution in [0.5, 0.6) is 0 Å². The molecule has 0 unspecified atom stereocenters. The molecule has 13 heavy (non-hydrogen) atoms. The topological polar surface area (TPSA) is 54.4 Å². The Morgan fingerprint density at radius 1 is 1.15 bits per heavy atom. The average molecular weight is 216 g/mol. The molecule has 5 heteroatoms. The van der Waals surface area contributed by atoms with Crippen LogP contribution >= 0.6 is 0 Å². The van der Waals surface area contributed by atoms with Crippen molar-refractivity contribution in [2.75, 3.05) is 5.75 Å². The van der Waals surface area contributed by atoms with Crippen molar-refractivity contribution in [3.63, 3.8) is 0 Å². The summed E-state index contributed by atoms with van der Waals surface area (Å²) in [6.07, 6.45) is 6.56. The molecular formula is C8H17NaO3S. The van der Waals surface area contributed by atoms with Crippen LogP contribution in [0.2, 0.25) is 0 Å². The molecule has 0 bridgehead atoms. The standard InChI is InChI=1S/C8H16O3S.Na.H/c9-12(10,11)7-8-5-3-1-2-4-6-8;;/h8H,1-7H2,(H,9,10,11);;/q;+1;-1. The molecule has 0 atom stereocenters. The van der Waals surface area contributed by atoms with Crippen molar-refractivity contribution in [1.29, 1.82) is 0 Å². The molecule has 1 N–H and O–H groups in total. The molecule has 0 spiro atoms. The van der Waals surface area contributed by atoms with Crippen LogP contribution in [0.15, 0.2) is 0 Å². The molecule has 0 saturated heterocycles. The van der Waals surface area contributed by atoms with E-state index in [0.717, 1.165) is 25.7 Å². The molecule has 1 aliphatic carbocycles. The summed E-state index contributed by atoms with van der Waals surface area (Å²) in [5.41, 5.74) is 0. The fourth-order valence-electron chi connectivity index (χ4n) is 1.83. The van der Waals surface area contributed by atoms with E-state index in [1.165, 1.54) is 12.8 Å². The quantitative estimate of drug-likeness (QED) is 0.364. The van der Waals surface area contributed by atoms with Gasteiger partial charge in [-0.15, -0.1) is 0 Å². The predicted octanol–water partition coefficient (Wildman–Crippen LogP) is -1.04. The molecular weight excluding hydrogens is 199 g/mol. The molecule has 0 radical (unpaired) electrons. The van der Waals surface area contributed by atoms with Gasteiger partial charge in [-0.05, 0) is 18.8 Å². The zero-order chi connectivity index (χ0) is 9.03. The second kappa shape index (κ2) is 6.40. The van der Waals surface area contributed by atoms with E-state index in [4.69, 9.17) is 4.55 Å². The Labute approximate surface area is 104 Å². The van der Waals surface area contributed by atoms with E-state index in [9.17, 15) is 8.42 Å². The van der Waals surface area contributed by atoms with Crippen LogP contribution in [0.25, 0.3) is 0 Å². The van der Waals surface area contributed by atoms with Crippen LogP contribution in [-0.4, -0.2) is 18.7 Å². The monoisotopic (exact) mass is 216 g/mol. The van der Waals surface area contributed by atoms with E-state index in [0.29, 0.717) is 0 Å². The first-order chi connectivity index (χ1) is 5.58. The first-order valence-electron chi connectivity index (χ1n) is 4.53. The zero-order valence-corrected chi connectivity index (χ0v) is 11.0. The predicted molar refractivity (Wildman–Crippen MR) is 48.7 cm³/mol. The van der Waals surface area contributed by atoms with E-state index < -0.39 is 10.1 Å². The summed E-state index contributed by atoms with van der Waals surface area (Å²) in [7, 11) is -3.74. The van der Waals surface area contributed by atoms with Gasteiger partial charge in [-0.2, -0.15) is 8.42 Å². The Morgan fingerprint density at radius 2 is 1.62 bits per heavy atom. The molecule has 1 rings (SSSR count). The maximum absolute atomic E-state index is 10.6. The second-order valence-corrected chi connectivity index (χ2v) is 5.10. The van der Waals surface area contributed by atoms with Gasteiger partial charge in [-0.1, -0.05) is 25.7 Å². The normalized spacial score (nSPS) is 20.4. The SMILES string of the molecule is O=S(=O)(O)CC1CCCCCC1.[H-].[Na+]. The Balaban J connectivity index is 0. The van der Waals surface area contributed by atoms with Gasteiger partial charge in [0.25, 0.3) is 10.1 Å². The Hall–Kier alpha value is 0.910. The largest absolute Gasteiger partial charge is 1.00 e. The summed E-state index contributed by atoms with van der Waals surface area (Å²) in [5.74, 6) is 0.162. The van der Waals surface area contributed by atoms with Gasteiger partial charge in [-0.3, -0.25) is 4.55 Å². The fraction of sp³-hybridized carbons (Fsp3) is 1.00. The summed E-state index contributed by atoms with van der Waals surface area (Å²) in [5, 5.41) is 0. The minimum absolute atomic E-state index is 0. The van der Waals surface area contributed by atoms with Crippen molar-refractivity contribution in [2.24, 2.45) is 5.92 Å². The maximum Gasteiger partial charge on any atom is 1.00 e. The van der Waals surface area contributed by atoms with Crippen LogP contribution in [-0.2, 0) is 10.1 Å². The van der Waals surface area contributed by atoms with Gasteiger partial charge in [0.05, 0.1) is 5.75 Å². The van der Waals surface area contributed by atoms with Crippen molar-refractivity contribution < 1.29 is 44.0 Å². The molecule has 0 aromatic carbocycles. The molecule has 0 aromatic heterocycles. The Bertz CT molecular complexity index is 223. The molecule has 0 heterocycles. The van der Waals surface area contributed by atoms with Crippen LogP contribution in [0.4, 0.5) is 0 Å². The fourth-order valence-corrected chi connectivity index (χ4v) is 2.76. The van der Waals surface area contributed by atoms with Gasteiger partial charge in [-0.25, -0.2) is 0 Å². The average Bonchev–Trinajstić information content (AvgIpc) is 2.12. The van der Waals surface area contributed by atoms with Crippen molar-refractivity contribution >= 4 is 10.1 Å². The minimum Gasteiger partial charge on any atom is -1.00 e. The van der Waals surface area contributed by atoms with Crippen LogP contribution in [0.3, 0.4) is 0 Å². The molecule has 0 aliphatic heterocycles. The van der Waals surface area contributed by atoms with Gasteiger partial charge in [0, 0.05) is 0 Å². The van der Waals surface area contributed by atoms with Gasteiger partial charge >= 0.3 is 29.6 Å². The zero-order valence-electron chi connectivity index (χ0n) is 9.20. The van der Waals surface area contributed by atoms with Crippen molar-refractivity contribution in [2.45, 2.75) is 38.5 Å². The van der Waals surface area contributed by atoms with E-state index in [1.807, 2.05) is 0 Å². The summed E-state index contributed by atoms with van der Waals surface area (Å²) in [4.78, 5) is 0. The third-order valence-electron chi connectivity index (χ3n) is 2.42. The van der Waals surface area contributed by atoms with Gasteiger partial charge in [0.15, 0.2) is 0 Å². The first kappa shape index (κ1) is 13.9. The Kier molecular flexibility index (Phi) is 6.85.